The highest BCUT2D eigenvalue weighted by molar-refractivity contribution is 6.31. The fourth-order valence-electron chi connectivity index (χ4n) is 1.90. The minimum Gasteiger partial charge on any atom is -0.304 e. The number of aryl methyl sites for hydroxylation is 2. The second kappa shape index (κ2) is 6.13. The highest BCUT2D eigenvalue weighted by Gasteiger charge is 2.16. The van der Waals surface area contributed by atoms with E-state index in [9.17, 15) is 0 Å². The molecule has 1 heterocycles. The summed E-state index contributed by atoms with van der Waals surface area (Å²) in [6, 6.07) is 6.05. The van der Waals surface area contributed by atoms with Gasteiger partial charge in [0.15, 0.2) is 0 Å². The minimum absolute atomic E-state index is 0.0244. The van der Waals surface area contributed by atoms with E-state index in [0.717, 1.165) is 34.1 Å². The number of aromatic nitrogens is 2. The van der Waals surface area contributed by atoms with Crippen molar-refractivity contribution in [1.29, 1.82) is 0 Å². The summed E-state index contributed by atoms with van der Waals surface area (Å²) in [5.41, 5.74) is 3.22. The maximum absolute atomic E-state index is 6.20. The van der Waals surface area contributed by atoms with Crippen LogP contribution in [0.3, 0.4) is 0 Å². The molecule has 19 heavy (non-hydrogen) atoms. The molecular formula is C15H18ClN3. The summed E-state index contributed by atoms with van der Waals surface area (Å²) in [6.45, 7) is 6.88. The van der Waals surface area contributed by atoms with Crippen LogP contribution in [0.25, 0.3) is 0 Å². The van der Waals surface area contributed by atoms with E-state index < -0.39 is 0 Å². The Morgan fingerprint density at radius 2 is 1.89 bits per heavy atom. The average molecular weight is 276 g/mol. The van der Waals surface area contributed by atoms with Crippen molar-refractivity contribution in [2.45, 2.75) is 26.8 Å². The molecule has 0 aliphatic heterocycles. The lowest BCUT2D eigenvalue weighted by Gasteiger charge is -2.17. The Hall–Kier alpha value is -1.45. The van der Waals surface area contributed by atoms with Crippen LogP contribution in [0.1, 0.15) is 35.5 Å². The smallest absolute Gasteiger partial charge is 0.149 e. The first-order valence-corrected chi connectivity index (χ1v) is 6.77. The van der Waals surface area contributed by atoms with Gasteiger partial charge in [0.25, 0.3) is 0 Å². The van der Waals surface area contributed by atoms with Crippen LogP contribution in [-0.4, -0.2) is 16.5 Å². The summed E-state index contributed by atoms with van der Waals surface area (Å²) in [4.78, 5) is 8.82. The molecule has 0 amide bonds. The molecule has 1 aromatic heterocycles. The zero-order valence-corrected chi connectivity index (χ0v) is 12.2. The van der Waals surface area contributed by atoms with Crippen molar-refractivity contribution < 1.29 is 0 Å². The van der Waals surface area contributed by atoms with Crippen LogP contribution in [0.5, 0.6) is 0 Å². The molecule has 1 N–H and O–H groups in total. The minimum atomic E-state index is -0.0244. The van der Waals surface area contributed by atoms with Crippen molar-refractivity contribution in [3.8, 4) is 0 Å². The zero-order valence-electron chi connectivity index (χ0n) is 11.4. The van der Waals surface area contributed by atoms with Crippen LogP contribution in [0.4, 0.5) is 0 Å². The fourth-order valence-corrected chi connectivity index (χ4v) is 2.09. The van der Waals surface area contributed by atoms with Crippen molar-refractivity contribution in [3.63, 3.8) is 0 Å². The highest BCUT2D eigenvalue weighted by atomic mass is 35.5. The Bertz CT molecular complexity index is 552. The van der Waals surface area contributed by atoms with Gasteiger partial charge in [-0.3, -0.25) is 0 Å². The van der Waals surface area contributed by atoms with Gasteiger partial charge in [0.2, 0.25) is 0 Å². The van der Waals surface area contributed by atoms with Gasteiger partial charge in [-0.2, -0.15) is 0 Å². The number of nitrogens with zero attached hydrogens (tertiary/aromatic N) is 2. The summed E-state index contributed by atoms with van der Waals surface area (Å²) in [7, 11) is 0. The maximum atomic E-state index is 6.20. The molecule has 1 aromatic carbocycles. The quantitative estimate of drug-likeness (QED) is 0.929. The van der Waals surface area contributed by atoms with E-state index in [1.54, 1.807) is 0 Å². The van der Waals surface area contributed by atoms with E-state index >= 15 is 0 Å². The van der Waals surface area contributed by atoms with E-state index in [1.165, 1.54) is 0 Å². The van der Waals surface area contributed by atoms with Crippen LogP contribution in [-0.2, 0) is 0 Å². The fraction of sp³-hybridized carbons (Fsp3) is 0.333. The molecule has 0 radical (unpaired) electrons. The number of nitrogens with one attached hydrogen (secondary N) is 1. The molecule has 0 saturated carbocycles. The van der Waals surface area contributed by atoms with Gasteiger partial charge in [0.05, 0.1) is 6.04 Å². The molecule has 1 unspecified atom stereocenters. The van der Waals surface area contributed by atoms with Crippen LogP contribution in [0.2, 0.25) is 5.02 Å². The monoisotopic (exact) mass is 275 g/mol. The molecule has 0 saturated heterocycles. The van der Waals surface area contributed by atoms with Crippen LogP contribution < -0.4 is 5.32 Å². The lowest BCUT2D eigenvalue weighted by atomic mass is 10.0. The van der Waals surface area contributed by atoms with Crippen molar-refractivity contribution in [2.24, 2.45) is 0 Å². The Morgan fingerprint density at radius 1 is 1.21 bits per heavy atom. The number of benzene rings is 1. The Kier molecular flexibility index (Phi) is 4.51. The molecule has 4 heteroatoms. The number of hydrogen-bond donors (Lipinski definition) is 1. The topological polar surface area (TPSA) is 37.8 Å². The third-order valence-electron chi connectivity index (χ3n) is 3.00. The SMILES string of the molecule is CCNC(c1ccc(C)c(Cl)c1)c1ncc(C)cn1. The van der Waals surface area contributed by atoms with E-state index in [1.807, 2.05) is 38.4 Å². The zero-order chi connectivity index (χ0) is 13.8. The van der Waals surface area contributed by atoms with Crippen molar-refractivity contribution >= 4 is 11.6 Å². The first-order valence-electron chi connectivity index (χ1n) is 6.39. The summed E-state index contributed by atoms with van der Waals surface area (Å²) in [5.74, 6) is 0.771. The first-order chi connectivity index (χ1) is 9.11. The molecule has 2 aromatic rings. The average Bonchev–Trinajstić information content (AvgIpc) is 2.41. The Morgan fingerprint density at radius 3 is 2.47 bits per heavy atom. The molecule has 3 nitrogen and oxygen atoms in total. The second-order valence-electron chi connectivity index (χ2n) is 4.62. The Balaban J connectivity index is 2.38. The lowest BCUT2D eigenvalue weighted by Crippen LogP contribution is -2.24. The van der Waals surface area contributed by atoms with Gasteiger partial charge >= 0.3 is 0 Å². The molecule has 0 bridgehead atoms. The number of hydrogen-bond acceptors (Lipinski definition) is 3. The first kappa shape index (κ1) is 14.0. The second-order valence-corrected chi connectivity index (χ2v) is 5.03. The third-order valence-corrected chi connectivity index (χ3v) is 3.40. The molecule has 0 aliphatic rings. The predicted molar refractivity (Wildman–Crippen MR) is 78.5 cm³/mol. The summed E-state index contributed by atoms with van der Waals surface area (Å²) < 4.78 is 0. The van der Waals surface area contributed by atoms with E-state index in [-0.39, 0.29) is 6.04 Å². The highest BCUT2D eigenvalue weighted by Crippen LogP contribution is 2.24. The largest absolute Gasteiger partial charge is 0.304 e. The van der Waals surface area contributed by atoms with Gasteiger partial charge in [0.1, 0.15) is 5.82 Å². The van der Waals surface area contributed by atoms with Gasteiger partial charge in [-0.15, -0.1) is 0 Å². The lowest BCUT2D eigenvalue weighted by molar-refractivity contribution is 0.596. The van der Waals surface area contributed by atoms with Gasteiger partial charge in [-0.25, -0.2) is 9.97 Å². The number of rotatable bonds is 4. The van der Waals surface area contributed by atoms with Gasteiger partial charge < -0.3 is 5.32 Å². The van der Waals surface area contributed by atoms with Gasteiger partial charge in [-0.05, 0) is 43.1 Å². The molecule has 100 valence electrons. The third kappa shape index (κ3) is 3.31. The predicted octanol–water partition coefficient (Wildman–Crippen LogP) is 3.45. The van der Waals surface area contributed by atoms with Crippen LogP contribution >= 0.6 is 11.6 Å². The molecule has 0 aliphatic carbocycles. The van der Waals surface area contributed by atoms with E-state index in [4.69, 9.17) is 11.6 Å². The Labute approximate surface area is 119 Å². The summed E-state index contributed by atoms with van der Waals surface area (Å²) in [6.07, 6.45) is 3.67. The van der Waals surface area contributed by atoms with E-state index in [0.29, 0.717) is 0 Å². The standard InChI is InChI=1S/C15H18ClN3/c1-4-17-14(15-18-8-10(2)9-19-15)12-6-5-11(3)13(16)7-12/h5-9,14,17H,4H2,1-3H3. The number of halogens is 1. The molecule has 2 rings (SSSR count). The summed E-state index contributed by atoms with van der Waals surface area (Å²) >= 11 is 6.20. The van der Waals surface area contributed by atoms with Crippen molar-refractivity contribution in [3.05, 3.63) is 58.1 Å². The van der Waals surface area contributed by atoms with Crippen molar-refractivity contribution in [2.75, 3.05) is 6.54 Å². The van der Waals surface area contributed by atoms with E-state index in [2.05, 4.69) is 28.3 Å². The normalized spacial score (nSPS) is 12.4. The van der Waals surface area contributed by atoms with Gasteiger partial charge in [0, 0.05) is 17.4 Å². The van der Waals surface area contributed by atoms with Crippen molar-refractivity contribution in [1.82, 2.24) is 15.3 Å². The summed E-state index contributed by atoms with van der Waals surface area (Å²) in [5, 5.41) is 4.17. The molecule has 0 fully saturated rings. The molecule has 1 atom stereocenters. The van der Waals surface area contributed by atoms with Gasteiger partial charge in [-0.1, -0.05) is 30.7 Å². The molecular weight excluding hydrogens is 258 g/mol. The maximum Gasteiger partial charge on any atom is 0.149 e. The molecule has 0 spiro atoms. The van der Waals surface area contributed by atoms with Crippen LogP contribution in [0, 0.1) is 13.8 Å². The van der Waals surface area contributed by atoms with Crippen LogP contribution in [0.15, 0.2) is 30.6 Å².